The number of thioether (sulfide) groups is 1. The van der Waals surface area contributed by atoms with Crippen LogP contribution in [0.2, 0.25) is 0 Å². The Morgan fingerprint density at radius 2 is 1.94 bits per heavy atom. The largest absolute Gasteiger partial charge is 0.490 e. The van der Waals surface area contributed by atoms with Crippen LogP contribution in [0, 0.1) is 11.3 Å². The Balaban J connectivity index is 1.25. The minimum Gasteiger partial charge on any atom is -0.490 e. The zero-order valence-electron chi connectivity index (χ0n) is 19.1. The summed E-state index contributed by atoms with van der Waals surface area (Å²) in [7, 11) is 0. The van der Waals surface area contributed by atoms with E-state index in [0.29, 0.717) is 18.7 Å². The van der Waals surface area contributed by atoms with Crippen molar-refractivity contribution in [3.63, 3.8) is 0 Å². The van der Waals surface area contributed by atoms with Crippen molar-refractivity contribution in [3.05, 3.63) is 53.6 Å². The van der Waals surface area contributed by atoms with E-state index in [2.05, 4.69) is 28.2 Å². The summed E-state index contributed by atoms with van der Waals surface area (Å²) in [4.78, 5) is 21.8. The topological polar surface area (TPSA) is 91.2 Å². The first kappa shape index (κ1) is 23.0. The van der Waals surface area contributed by atoms with Gasteiger partial charge in [-0.05, 0) is 56.7 Å². The number of piperidine rings is 1. The second-order valence-electron chi connectivity index (χ2n) is 9.10. The molecule has 8 heteroatoms. The van der Waals surface area contributed by atoms with Crippen molar-refractivity contribution in [2.45, 2.75) is 56.2 Å². The molecule has 0 saturated carbocycles. The van der Waals surface area contributed by atoms with E-state index in [9.17, 15) is 4.79 Å². The van der Waals surface area contributed by atoms with Crippen LogP contribution in [0.1, 0.15) is 44.7 Å². The van der Waals surface area contributed by atoms with E-state index in [-0.39, 0.29) is 12.2 Å². The quantitative estimate of drug-likeness (QED) is 0.501. The van der Waals surface area contributed by atoms with Crippen molar-refractivity contribution >= 4 is 28.9 Å². The van der Waals surface area contributed by atoms with Gasteiger partial charge in [-0.1, -0.05) is 23.9 Å². The number of hydrogen-bond acceptors (Lipinski definition) is 6. The number of nitriles is 1. The highest BCUT2D eigenvalue weighted by Crippen LogP contribution is 2.26. The van der Waals surface area contributed by atoms with Crippen LogP contribution in [0.4, 0.5) is 4.79 Å². The maximum absolute atomic E-state index is 12.2. The molecule has 1 aromatic heterocycles. The van der Waals surface area contributed by atoms with Gasteiger partial charge in [0.25, 0.3) is 0 Å². The normalized spacial score (nSPS) is 14.8. The number of aromatic amines is 1. The van der Waals surface area contributed by atoms with Crippen LogP contribution >= 0.6 is 11.8 Å². The number of nitrogens with zero attached hydrogens (tertiary/aromatic N) is 3. The highest BCUT2D eigenvalue weighted by atomic mass is 32.2. The zero-order valence-corrected chi connectivity index (χ0v) is 19.9. The molecule has 0 aliphatic carbocycles. The average molecular weight is 465 g/mol. The lowest BCUT2D eigenvalue weighted by Gasteiger charge is -2.33. The number of benzene rings is 2. The number of imidazole rings is 1. The molecular weight excluding hydrogens is 436 g/mol. The molecule has 0 unspecified atom stereocenters. The minimum atomic E-state index is -0.476. The number of fused-ring (bicyclic) bond motifs is 1. The Kier molecular flexibility index (Phi) is 6.80. The highest BCUT2D eigenvalue weighted by molar-refractivity contribution is 7.98. The zero-order chi connectivity index (χ0) is 23.4. The smallest absolute Gasteiger partial charge is 0.410 e. The highest BCUT2D eigenvalue weighted by Gasteiger charge is 2.27. The first-order valence-corrected chi connectivity index (χ1v) is 12.0. The van der Waals surface area contributed by atoms with Crippen molar-refractivity contribution < 1.29 is 14.3 Å². The molecule has 2 heterocycles. The van der Waals surface area contributed by atoms with Gasteiger partial charge >= 0.3 is 6.09 Å². The fraction of sp³-hybridized carbons (Fsp3) is 0.400. The molecule has 33 heavy (non-hydrogen) atoms. The Morgan fingerprint density at radius 1 is 1.21 bits per heavy atom. The van der Waals surface area contributed by atoms with Gasteiger partial charge in [0.05, 0.1) is 22.7 Å². The van der Waals surface area contributed by atoms with Crippen molar-refractivity contribution in [1.29, 1.82) is 5.26 Å². The molecule has 0 spiro atoms. The molecule has 0 bridgehead atoms. The monoisotopic (exact) mass is 464 g/mol. The molecule has 1 aliphatic rings. The number of nitrogens with one attached hydrogen (secondary N) is 1. The lowest BCUT2D eigenvalue weighted by molar-refractivity contribution is 0.0126. The van der Waals surface area contributed by atoms with Gasteiger partial charge < -0.3 is 19.4 Å². The summed E-state index contributed by atoms with van der Waals surface area (Å²) in [5.41, 5.74) is 3.05. The van der Waals surface area contributed by atoms with E-state index in [1.165, 1.54) is 5.56 Å². The number of H-pyrrole nitrogens is 1. The molecule has 7 nitrogen and oxygen atoms in total. The molecule has 1 saturated heterocycles. The third-order valence-corrected chi connectivity index (χ3v) is 6.23. The Hall–Kier alpha value is -3.18. The summed E-state index contributed by atoms with van der Waals surface area (Å²) in [5.74, 6) is 1.62. The third kappa shape index (κ3) is 6.20. The molecular formula is C25H28N4O3S. The van der Waals surface area contributed by atoms with Crippen LogP contribution in [0.5, 0.6) is 5.75 Å². The SMILES string of the molecule is CC(C)(C)OC(=O)N1CCC(Oc2ccc(CSc3nc4ccc(C#N)cc4[nH]3)cc2)CC1. The van der Waals surface area contributed by atoms with Crippen molar-refractivity contribution in [2.75, 3.05) is 13.1 Å². The fourth-order valence-electron chi connectivity index (χ4n) is 3.62. The lowest BCUT2D eigenvalue weighted by atomic mass is 10.1. The maximum Gasteiger partial charge on any atom is 0.410 e. The fourth-order valence-corrected chi connectivity index (χ4v) is 4.46. The summed E-state index contributed by atoms with van der Waals surface area (Å²) in [5, 5.41) is 9.86. The van der Waals surface area contributed by atoms with Crippen LogP contribution in [-0.4, -0.2) is 45.8 Å². The van der Waals surface area contributed by atoms with Crippen LogP contribution < -0.4 is 4.74 Å². The number of likely N-dealkylation sites (tertiary alicyclic amines) is 1. The molecule has 4 rings (SSSR count). The Bertz CT molecular complexity index is 1150. The summed E-state index contributed by atoms with van der Waals surface area (Å²) < 4.78 is 11.6. The van der Waals surface area contributed by atoms with Crippen LogP contribution in [-0.2, 0) is 10.5 Å². The molecule has 0 atom stereocenters. The first-order chi connectivity index (χ1) is 15.8. The van der Waals surface area contributed by atoms with E-state index in [4.69, 9.17) is 14.7 Å². The molecule has 1 fully saturated rings. The van der Waals surface area contributed by atoms with Gasteiger partial charge in [0, 0.05) is 31.7 Å². The summed E-state index contributed by atoms with van der Waals surface area (Å²) in [6, 6.07) is 15.7. The van der Waals surface area contributed by atoms with E-state index in [0.717, 1.165) is 40.5 Å². The summed E-state index contributed by atoms with van der Waals surface area (Å²) in [6.45, 7) is 6.92. The number of ether oxygens (including phenoxy) is 2. The van der Waals surface area contributed by atoms with Crippen molar-refractivity contribution in [2.24, 2.45) is 0 Å². The molecule has 2 aromatic carbocycles. The van der Waals surface area contributed by atoms with Gasteiger partial charge in [-0.3, -0.25) is 0 Å². The molecule has 172 valence electrons. The Labute approximate surface area is 198 Å². The predicted octanol–water partition coefficient (Wildman–Crippen LogP) is 5.51. The second kappa shape index (κ2) is 9.75. The third-order valence-electron chi connectivity index (χ3n) is 5.28. The Morgan fingerprint density at radius 3 is 2.61 bits per heavy atom. The number of carbonyl (C=O) groups excluding carboxylic acids is 1. The maximum atomic E-state index is 12.2. The molecule has 1 amide bonds. The number of rotatable bonds is 5. The lowest BCUT2D eigenvalue weighted by Crippen LogP contribution is -2.44. The van der Waals surface area contributed by atoms with Crippen molar-refractivity contribution in [3.8, 4) is 11.8 Å². The van der Waals surface area contributed by atoms with E-state index in [1.807, 2.05) is 45.0 Å². The average Bonchev–Trinajstić information content (AvgIpc) is 3.20. The van der Waals surface area contributed by atoms with Gasteiger partial charge in [0.15, 0.2) is 5.16 Å². The number of carbonyl (C=O) groups is 1. The van der Waals surface area contributed by atoms with E-state index in [1.54, 1.807) is 22.7 Å². The van der Waals surface area contributed by atoms with Crippen LogP contribution in [0.3, 0.4) is 0 Å². The van der Waals surface area contributed by atoms with Crippen LogP contribution in [0.15, 0.2) is 47.6 Å². The second-order valence-corrected chi connectivity index (χ2v) is 10.1. The van der Waals surface area contributed by atoms with Gasteiger partial charge in [-0.15, -0.1) is 0 Å². The van der Waals surface area contributed by atoms with Gasteiger partial charge in [-0.2, -0.15) is 5.26 Å². The summed E-state index contributed by atoms with van der Waals surface area (Å²) >= 11 is 1.62. The number of amides is 1. The standard InChI is InChI=1S/C25H28N4O3S/c1-25(2,3)32-24(30)29-12-10-20(11-13-29)31-19-7-4-17(5-8-19)16-33-23-27-21-9-6-18(15-26)14-22(21)28-23/h4-9,14,20H,10-13,16H2,1-3H3,(H,27,28). The number of hydrogen-bond donors (Lipinski definition) is 1. The molecule has 1 aliphatic heterocycles. The van der Waals surface area contributed by atoms with Crippen LogP contribution in [0.25, 0.3) is 11.0 Å². The minimum absolute atomic E-state index is 0.0951. The van der Waals surface area contributed by atoms with Gasteiger partial charge in [0.2, 0.25) is 0 Å². The molecule has 0 radical (unpaired) electrons. The number of aromatic nitrogens is 2. The first-order valence-electron chi connectivity index (χ1n) is 11.1. The van der Waals surface area contributed by atoms with Gasteiger partial charge in [0.1, 0.15) is 17.5 Å². The molecule has 1 N–H and O–H groups in total. The van der Waals surface area contributed by atoms with Crippen molar-refractivity contribution in [1.82, 2.24) is 14.9 Å². The van der Waals surface area contributed by atoms with Gasteiger partial charge in [-0.25, -0.2) is 9.78 Å². The predicted molar refractivity (Wildman–Crippen MR) is 128 cm³/mol. The van der Waals surface area contributed by atoms with E-state index >= 15 is 0 Å². The van der Waals surface area contributed by atoms with E-state index < -0.39 is 5.60 Å². The molecule has 3 aromatic rings. The summed E-state index contributed by atoms with van der Waals surface area (Å²) in [6.07, 6.45) is 1.42.